The fourth-order valence-corrected chi connectivity index (χ4v) is 2.90. The summed E-state index contributed by atoms with van der Waals surface area (Å²) in [4.78, 5) is 34.7. The van der Waals surface area contributed by atoms with Crippen LogP contribution in [-0.4, -0.2) is 25.8 Å². The van der Waals surface area contributed by atoms with Crippen molar-refractivity contribution in [1.29, 1.82) is 0 Å². The van der Waals surface area contributed by atoms with E-state index < -0.39 is 10.8 Å². The molecule has 2 aromatic heterocycles. The fourth-order valence-electron chi connectivity index (χ4n) is 2.70. The Kier molecular flexibility index (Phi) is 4.46. The molecule has 4 aromatic rings. The summed E-state index contributed by atoms with van der Waals surface area (Å²) in [6, 6.07) is 14.9. The number of pyridine rings is 1. The van der Waals surface area contributed by atoms with Crippen LogP contribution >= 0.6 is 11.6 Å². The van der Waals surface area contributed by atoms with Gasteiger partial charge in [-0.05, 0) is 12.1 Å². The van der Waals surface area contributed by atoms with Crippen LogP contribution in [0.5, 0.6) is 0 Å². The molecule has 0 aliphatic carbocycles. The first-order chi connectivity index (χ1) is 13.5. The molecule has 0 saturated carbocycles. The molecule has 0 aliphatic heterocycles. The zero-order chi connectivity index (χ0) is 19.7. The van der Waals surface area contributed by atoms with Gasteiger partial charge in [-0.2, -0.15) is 0 Å². The molecule has 28 heavy (non-hydrogen) atoms. The van der Waals surface area contributed by atoms with Crippen LogP contribution < -0.4 is 5.32 Å². The highest BCUT2D eigenvalue weighted by molar-refractivity contribution is 6.34. The van der Waals surface area contributed by atoms with E-state index in [0.717, 1.165) is 11.6 Å². The minimum atomic E-state index is -0.587. The standard InChI is InChI=1S/C19H12ClN5O3/c20-15-7-6-13(25(27)28)9-14(15)19(26)22-12-8-16-18(21-10-12)24-17(23-16)11-4-2-1-3-5-11/h1-10H,(H,22,26)(H,21,23,24). The van der Waals surface area contributed by atoms with Gasteiger partial charge in [0.2, 0.25) is 0 Å². The summed E-state index contributed by atoms with van der Waals surface area (Å²) in [6.07, 6.45) is 1.46. The largest absolute Gasteiger partial charge is 0.337 e. The molecule has 9 heteroatoms. The number of hydrogen-bond donors (Lipinski definition) is 2. The Hall–Kier alpha value is -3.78. The van der Waals surface area contributed by atoms with E-state index in [1.165, 1.54) is 18.3 Å². The van der Waals surface area contributed by atoms with E-state index in [1.54, 1.807) is 6.07 Å². The number of non-ortho nitro benzene ring substituents is 1. The third-order valence-corrected chi connectivity index (χ3v) is 4.38. The molecule has 0 bridgehead atoms. The van der Waals surface area contributed by atoms with Crippen molar-refractivity contribution in [2.24, 2.45) is 0 Å². The Balaban J connectivity index is 1.62. The maximum absolute atomic E-state index is 12.5. The quantitative estimate of drug-likeness (QED) is 0.393. The van der Waals surface area contributed by atoms with Gasteiger partial charge in [-0.15, -0.1) is 0 Å². The van der Waals surface area contributed by atoms with E-state index in [9.17, 15) is 14.9 Å². The lowest BCUT2D eigenvalue weighted by Gasteiger charge is -2.06. The van der Waals surface area contributed by atoms with Gasteiger partial charge in [0.1, 0.15) is 5.82 Å². The first-order valence-corrected chi connectivity index (χ1v) is 8.55. The predicted molar refractivity (Wildman–Crippen MR) is 105 cm³/mol. The van der Waals surface area contributed by atoms with Crippen LogP contribution in [0.4, 0.5) is 11.4 Å². The molecule has 0 atom stereocenters. The Morgan fingerprint density at radius 2 is 1.93 bits per heavy atom. The van der Waals surface area contributed by atoms with Gasteiger partial charge in [-0.3, -0.25) is 14.9 Å². The topological polar surface area (TPSA) is 114 Å². The lowest BCUT2D eigenvalue weighted by molar-refractivity contribution is -0.384. The molecule has 0 saturated heterocycles. The number of halogens is 1. The minimum absolute atomic E-state index is 0.00514. The van der Waals surface area contributed by atoms with Crippen molar-refractivity contribution >= 4 is 40.0 Å². The van der Waals surface area contributed by atoms with E-state index in [-0.39, 0.29) is 16.3 Å². The second-order valence-corrected chi connectivity index (χ2v) is 6.33. The van der Waals surface area contributed by atoms with Crippen LogP contribution in [0, 0.1) is 10.1 Å². The van der Waals surface area contributed by atoms with E-state index in [0.29, 0.717) is 22.7 Å². The summed E-state index contributed by atoms with van der Waals surface area (Å²) in [5.74, 6) is 0.0888. The lowest BCUT2D eigenvalue weighted by Crippen LogP contribution is -2.13. The van der Waals surface area contributed by atoms with E-state index in [4.69, 9.17) is 11.6 Å². The number of nitro groups is 1. The maximum Gasteiger partial charge on any atom is 0.270 e. The van der Waals surface area contributed by atoms with Crippen molar-refractivity contribution in [3.8, 4) is 11.4 Å². The Morgan fingerprint density at radius 1 is 1.14 bits per heavy atom. The number of H-pyrrole nitrogens is 1. The predicted octanol–water partition coefficient (Wildman–Crippen LogP) is 4.44. The Labute approximate surface area is 163 Å². The van der Waals surface area contributed by atoms with Gasteiger partial charge in [-0.25, -0.2) is 9.97 Å². The number of carbonyl (C=O) groups excluding carboxylic acids is 1. The van der Waals surface area contributed by atoms with E-state index >= 15 is 0 Å². The molecule has 0 spiro atoms. The second kappa shape index (κ2) is 7.09. The summed E-state index contributed by atoms with van der Waals surface area (Å²) in [5.41, 5.74) is 2.25. The van der Waals surface area contributed by atoms with Gasteiger partial charge >= 0.3 is 0 Å². The molecule has 0 fully saturated rings. The van der Waals surface area contributed by atoms with Crippen molar-refractivity contribution in [2.75, 3.05) is 5.32 Å². The van der Waals surface area contributed by atoms with Crippen LogP contribution in [0.15, 0.2) is 60.8 Å². The average Bonchev–Trinajstić information content (AvgIpc) is 3.12. The molecular formula is C19H12ClN5O3. The fraction of sp³-hybridized carbons (Fsp3) is 0. The number of hydrogen-bond acceptors (Lipinski definition) is 5. The van der Waals surface area contributed by atoms with Crippen molar-refractivity contribution in [3.63, 3.8) is 0 Å². The third kappa shape index (κ3) is 3.40. The van der Waals surface area contributed by atoms with Crippen molar-refractivity contribution in [2.45, 2.75) is 0 Å². The van der Waals surface area contributed by atoms with Crippen LogP contribution in [-0.2, 0) is 0 Å². The molecule has 4 rings (SSSR count). The van der Waals surface area contributed by atoms with Crippen molar-refractivity contribution in [3.05, 3.63) is 81.5 Å². The third-order valence-electron chi connectivity index (χ3n) is 4.05. The molecule has 138 valence electrons. The first kappa shape index (κ1) is 17.6. The van der Waals surface area contributed by atoms with Gasteiger partial charge in [-0.1, -0.05) is 41.9 Å². The molecular weight excluding hydrogens is 382 g/mol. The number of aromatic nitrogens is 3. The number of benzene rings is 2. The molecule has 0 radical (unpaired) electrons. The molecule has 1 amide bonds. The minimum Gasteiger partial charge on any atom is -0.337 e. The van der Waals surface area contributed by atoms with Gasteiger partial charge in [0, 0.05) is 17.7 Å². The molecule has 2 heterocycles. The number of amides is 1. The number of fused-ring (bicyclic) bond motifs is 1. The molecule has 0 aliphatic rings. The van der Waals surface area contributed by atoms with Crippen LogP contribution in [0.2, 0.25) is 5.02 Å². The summed E-state index contributed by atoms with van der Waals surface area (Å²) >= 11 is 6.01. The molecule has 2 N–H and O–H groups in total. The molecule has 0 unspecified atom stereocenters. The summed E-state index contributed by atoms with van der Waals surface area (Å²) in [5, 5.41) is 13.7. The Bertz CT molecular complexity index is 1210. The lowest BCUT2D eigenvalue weighted by atomic mass is 10.2. The normalized spacial score (nSPS) is 10.8. The van der Waals surface area contributed by atoms with E-state index in [2.05, 4.69) is 20.3 Å². The maximum atomic E-state index is 12.5. The number of anilines is 1. The van der Waals surface area contributed by atoms with Gasteiger partial charge in [0.25, 0.3) is 11.6 Å². The molecule has 8 nitrogen and oxygen atoms in total. The smallest absolute Gasteiger partial charge is 0.270 e. The number of nitrogens with one attached hydrogen (secondary N) is 2. The highest BCUT2D eigenvalue weighted by atomic mass is 35.5. The monoisotopic (exact) mass is 393 g/mol. The number of carbonyl (C=O) groups is 1. The van der Waals surface area contributed by atoms with Gasteiger partial charge in [0.15, 0.2) is 5.65 Å². The first-order valence-electron chi connectivity index (χ1n) is 8.18. The summed E-state index contributed by atoms with van der Waals surface area (Å²) in [7, 11) is 0. The Morgan fingerprint density at radius 3 is 2.68 bits per heavy atom. The SMILES string of the molecule is O=C(Nc1cnc2nc(-c3ccccc3)[nH]c2c1)c1cc([N+](=O)[O-])ccc1Cl. The number of nitrogens with zero attached hydrogens (tertiary/aromatic N) is 3. The second-order valence-electron chi connectivity index (χ2n) is 5.92. The van der Waals surface area contributed by atoms with Crippen LogP contribution in [0.3, 0.4) is 0 Å². The summed E-state index contributed by atoms with van der Waals surface area (Å²) < 4.78 is 0. The van der Waals surface area contributed by atoms with Crippen LogP contribution in [0.1, 0.15) is 10.4 Å². The average molecular weight is 394 g/mol. The van der Waals surface area contributed by atoms with Crippen LogP contribution in [0.25, 0.3) is 22.6 Å². The number of aromatic amines is 1. The highest BCUT2D eigenvalue weighted by Gasteiger charge is 2.16. The molecule has 2 aromatic carbocycles. The van der Waals surface area contributed by atoms with E-state index in [1.807, 2.05) is 30.3 Å². The zero-order valence-corrected chi connectivity index (χ0v) is 15.0. The summed E-state index contributed by atoms with van der Waals surface area (Å²) in [6.45, 7) is 0. The van der Waals surface area contributed by atoms with Crippen molar-refractivity contribution in [1.82, 2.24) is 15.0 Å². The van der Waals surface area contributed by atoms with Gasteiger partial charge < -0.3 is 10.3 Å². The highest BCUT2D eigenvalue weighted by Crippen LogP contribution is 2.24. The van der Waals surface area contributed by atoms with Gasteiger partial charge in [0.05, 0.1) is 32.9 Å². The van der Waals surface area contributed by atoms with Crippen molar-refractivity contribution < 1.29 is 9.72 Å². The number of imidazole rings is 1. The number of rotatable bonds is 4. The zero-order valence-electron chi connectivity index (χ0n) is 14.2. The number of nitro benzene ring substituents is 1.